The maximum Gasteiger partial charge on any atom is 0.255 e. The van der Waals surface area contributed by atoms with Gasteiger partial charge in [-0.05, 0) is 30.5 Å². The van der Waals surface area contributed by atoms with Gasteiger partial charge in [-0.25, -0.2) is 9.37 Å². The van der Waals surface area contributed by atoms with Crippen molar-refractivity contribution in [2.45, 2.75) is 31.7 Å². The van der Waals surface area contributed by atoms with E-state index in [2.05, 4.69) is 10.3 Å². The van der Waals surface area contributed by atoms with E-state index in [1.165, 1.54) is 20.2 Å². The first-order chi connectivity index (χ1) is 13.3. The Morgan fingerprint density at radius 2 is 2.21 bits per heavy atom. The molecule has 4 N–H and O–H groups in total. The number of carbonyl (C=O) groups is 2. The van der Waals surface area contributed by atoms with Gasteiger partial charge < -0.3 is 25.6 Å². The van der Waals surface area contributed by atoms with Crippen molar-refractivity contribution in [2.24, 2.45) is 11.7 Å². The molecular formula is C19H22FN3O5. The number of carbonyl (C=O) groups excluding carboxylic acids is 2. The minimum Gasteiger partial charge on any atom is -0.496 e. The lowest BCUT2D eigenvalue weighted by Gasteiger charge is -2.22. The van der Waals surface area contributed by atoms with Crippen LogP contribution in [0.1, 0.15) is 23.7 Å². The fourth-order valence-electron chi connectivity index (χ4n) is 3.52. The number of hydrogen-bond donors (Lipinski definition) is 3. The van der Waals surface area contributed by atoms with E-state index in [1.54, 1.807) is 18.2 Å². The molecule has 1 saturated heterocycles. The fourth-order valence-corrected chi connectivity index (χ4v) is 3.52. The summed E-state index contributed by atoms with van der Waals surface area (Å²) in [5.74, 6) is -1.55. The van der Waals surface area contributed by atoms with Gasteiger partial charge in [0.1, 0.15) is 5.75 Å². The number of pyridine rings is 1. The number of amides is 2. The molecule has 1 aliphatic rings. The van der Waals surface area contributed by atoms with E-state index in [1.807, 2.05) is 0 Å². The summed E-state index contributed by atoms with van der Waals surface area (Å²) in [4.78, 5) is 27.3. The predicted octanol–water partition coefficient (Wildman–Crippen LogP) is 0.945. The molecule has 9 heteroatoms. The Bertz CT molecular complexity index is 905. The molecule has 8 nitrogen and oxygen atoms in total. The molecule has 0 saturated carbocycles. The Labute approximate surface area is 160 Å². The molecule has 1 unspecified atom stereocenters. The summed E-state index contributed by atoms with van der Waals surface area (Å²) in [5.41, 5.74) is 5.62. The van der Waals surface area contributed by atoms with Crippen LogP contribution in [-0.2, 0) is 4.79 Å². The monoisotopic (exact) mass is 391 g/mol. The van der Waals surface area contributed by atoms with Crippen LogP contribution in [0.25, 0.3) is 10.8 Å². The van der Waals surface area contributed by atoms with Gasteiger partial charge >= 0.3 is 0 Å². The summed E-state index contributed by atoms with van der Waals surface area (Å²) in [5, 5.41) is 13.6. The molecule has 1 fully saturated rings. The van der Waals surface area contributed by atoms with Gasteiger partial charge in [0.05, 0.1) is 25.4 Å². The summed E-state index contributed by atoms with van der Waals surface area (Å²) >= 11 is 0. The third-order valence-electron chi connectivity index (χ3n) is 4.92. The number of methoxy groups -OCH3 is 1. The third-order valence-corrected chi connectivity index (χ3v) is 4.92. The van der Waals surface area contributed by atoms with Crippen molar-refractivity contribution in [3.63, 3.8) is 0 Å². The van der Waals surface area contributed by atoms with E-state index in [9.17, 15) is 19.1 Å². The zero-order valence-electron chi connectivity index (χ0n) is 15.5. The van der Waals surface area contributed by atoms with Gasteiger partial charge in [-0.2, -0.15) is 0 Å². The average Bonchev–Trinajstić information content (AvgIpc) is 2.94. The van der Waals surface area contributed by atoms with Crippen LogP contribution in [0.3, 0.4) is 0 Å². The Kier molecular flexibility index (Phi) is 5.64. The van der Waals surface area contributed by atoms with Crippen LogP contribution in [0.5, 0.6) is 11.6 Å². The molecule has 0 aliphatic carbocycles. The van der Waals surface area contributed by atoms with Gasteiger partial charge in [0.15, 0.2) is 6.17 Å². The maximum absolute atomic E-state index is 14.0. The molecular weight excluding hydrogens is 369 g/mol. The highest BCUT2D eigenvalue weighted by Gasteiger charge is 2.44. The highest BCUT2D eigenvalue weighted by molar-refractivity contribution is 6.01. The van der Waals surface area contributed by atoms with Crippen molar-refractivity contribution in [2.75, 3.05) is 13.7 Å². The molecule has 1 aromatic carbocycles. The molecule has 2 aromatic rings. The summed E-state index contributed by atoms with van der Waals surface area (Å²) in [7, 11) is 1.43. The molecule has 0 radical (unpaired) electrons. The molecule has 0 bridgehead atoms. The van der Waals surface area contributed by atoms with Gasteiger partial charge in [0.25, 0.3) is 11.8 Å². The average molecular weight is 391 g/mol. The van der Waals surface area contributed by atoms with E-state index in [0.717, 1.165) is 0 Å². The maximum atomic E-state index is 14.0. The van der Waals surface area contributed by atoms with Crippen LogP contribution in [-0.4, -0.2) is 53.9 Å². The van der Waals surface area contributed by atoms with E-state index < -0.39 is 36.0 Å². The van der Waals surface area contributed by atoms with Gasteiger partial charge in [0.2, 0.25) is 5.88 Å². The molecule has 4 atom stereocenters. The molecule has 2 heterocycles. The molecule has 1 aromatic heterocycles. The van der Waals surface area contributed by atoms with Gasteiger partial charge in [-0.1, -0.05) is 0 Å². The Hall–Kier alpha value is -2.94. The zero-order chi connectivity index (χ0) is 20.4. The SMILES string of the molecule is COc1cc2c(OCC[C@H]3NC(=O)[C@@H](F)[C@H]3C(C)O)nccc2cc1C(N)=O. The lowest BCUT2D eigenvalue weighted by molar-refractivity contribution is -0.124. The van der Waals surface area contributed by atoms with Crippen molar-refractivity contribution in [3.05, 3.63) is 30.0 Å². The molecule has 3 rings (SSSR count). The molecule has 2 amide bonds. The van der Waals surface area contributed by atoms with Crippen molar-refractivity contribution in [3.8, 4) is 11.6 Å². The van der Waals surface area contributed by atoms with Crippen LogP contribution in [0.2, 0.25) is 0 Å². The second kappa shape index (κ2) is 7.97. The smallest absolute Gasteiger partial charge is 0.255 e. The first kappa shape index (κ1) is 19.8. The Morgan fingerprint density at radius 1 is 1.46 bits per heavy atom. The van der Waals surface area contributed by atoms with Crippen LogP contribution >= 0.6 is 0 Å². The lowest BCUT2D eigenvalue weighted by atomic mass is 9.92. The highest BCUT2D eigenvalue weighted by atomic mass is 19.1. The molecule has 150 valence electrons. The standard InChI is InChI=1S/C19H22FN3O5/c1-9(24)15-13(23-18(26)16(15)20)4-6-28-19-11-8-14(27-2)12(17(21)25)7-10(11)3-5-22-19/h3,5,7-9,13,15-16,24H,4,6H2,1-2H3,(H2,21,25)(H,23,26)/t9?,13-,15+,16+/m1/s1. The predicted molar refractivity (Wildman–Crippen MR) is 98.9 cm³/mol. The fraction of sp³-hybridized carbons (Fsp3) is 0.421. The van der Waals surface area contributed by atoms with Crippen molar-refractivity contribution in [1.29, 1.82) is 0 Å². The number of halogens is 1. The summed E-state index contributed by atoms with van der Waals surface area (Å²) in [6, 6.07) is 4.39. The van der Waals surface area contributed by atoms with Crippen molar-refractivity contribution in [1.82, 2.24) is 10.3 Å². The molecule has 28 heavy (non-hydrogen) atoms. The summed E-state index contributed by atoms with van der Waals surface area (Å²) in [6.45, 7) is 1.60. The number of ether oxygens (including phenoxy) is 2. The minimum absolute atomic E-state index is 0.146. The number of primary amides is 1. The number of rotatable bonds is 7. The van der Waals surface area contributed by atoms with Gasteiger partial charge in [-0.15, -0.1) is 0 Å². The normalized spacial score (nSPS) is 22.7. The number of aromatic nitrogens is 1. The lowest BCUT2D eigenvalue weighted by Crippen LogP contribution is -2.36. The number of aliphatic hydroxyl groups excluding tert-OH is 1. The van der Waals surface area contributed by atoms with E-state index in [0.29, 0.717) is 28.8 Å². The van der Waals surface area contributed by atoms with E-state index in [4.69, 9.17) is 15.2 Å². The first-order valence-corrected chi connectivity index (χ1v) is 8.85. The summed E-state index contributed by atoms with van der Waals surface area (Å²) in [6.07, 6.45) is -0.873. The van der Waals surface area contributed by atoms with Crippen molar-refractivity contribution >= 4 is 22.6 Å². The number of nitrogens with two attached hydrogens (primary N) is 1. The number of nitrogens with one attached hydrogen (secondary N) is 1. The van der Waals surface area contributed by atoms with E-state index in [-0.39, 0.29) is 12.2 Å². The number of alkyl halides is 1. The highest BCUT2D eigenvalue weighted by Crippen LogP contribution is 2.31. The van der Waals surface area contributed by atoms with Crippen LogP contribution in [0.4, 0.5) is 4.39 Å². The molecule has 0 spiro atoms. The number of fused-ring (bicyclic) bond motifs is 1. The van der Waals surface area contributed by atoms with E-state index >= 15 is 0 Å². The summed E-state index contributed by atoms with van der Waals surface area (Å²) < 4.78 is 24.9. The Morgan fingerprint density at radius 3 is 2.86 bits per heavy atom. The zero-order valence-corrected chi connectivity index (χ0v) is 15.5. The second-order valence-corrected chi connectivity index (χ2v) is 6.73. The van der Waals surface area contributed by atoms with Crippen LogP contribution in [0.15, 0.2) is 24.4 Å². The number of nitrogens with zero attached hydrogens (tertiary/aromatic N) is 1. The quantitative estimate of drug-likeness (QED) is 0.645. The van der Waals surface area contributed by atoms with Gasteiger partial charge in [0, 0.05) is 30.0 Å². The minimum atomic E-state index is -1.74. The Balaban J connectivity index is 1.78. The second-order valence-electron chi connectivity index (χ2n) is 6.73. The topological polar surface area (TPSA) is 124 Å². The van der Waals surface area contributed by atoms with Crippen molar-refractivity contribution < 1.29 is 28.6 Å². The van der Waals surface area contributed by atoms with Crippen LogP contribution < -0.4 is 20.5 Å². The van der Waals surface area contributed by atoms with Gasteiger partial charge in [-0.3, -0.25) is 9.59 Å². The number of aliphatic hydroxyl groups is 1. The van der Waals surface area contributed by atoms with Crippen LogP contribution in [0, 0.1) is 5.92 Å². The number of hydrogen-bond acceptors (Lipinski definition) is 6. The number of benzene rings is 1. The first-order valence-electron chi connectivity index (χ1n) is 8.85. The molecule has 1 aliphatic heterocycles. The third kappa shape index (κ3) is 3.70. The largest absolute Gasteiger partial charge is 0.496 e.